The summed E-state index contributed by atoms with van der Waals surface area (Å²) in [6.07, 6.45) is 0. The number of amides is 1. The van der Waals surface area contributed by atoms with Gasteiger partial charge >= 0.3 is 0 Å². The molecule has 0 radical (unpaired) electrons. The molecule has 0 saturated heterocycles. The summed E-state index contributed by atoms with van der Waals surface area (Å²) in [5.41, 5.74) is 1.61. The lowest BCUT2D eigenvalue weighted by molar-refractivity contribution is 0.0816. The van der Waals surface area contributed by atoms with E-state index in [-0.39, 0.29) is 5.91 Å². The average Bonchev–Trinajstić information content (AvgIpc) is 2.54. The SMILES string of the molecule is COc1ccc2c(c1OC)CN(C)C2=O. The van der Waals surface area contributed by atoms with Crippen molar-refractivity contribution in [1.82, 2.24) is 4.90 Å². The number of carbonyl (C=O) groups excluding carboxylic acids is 1. The number of hydrogen-bond acceptors (Lipinski definition) is 3. The predicted octanol–water partition coefficient (Wildman–Crippen LogP) is 1.29. The maximum Gasteiger partial charge on any atom is 0.254 e. The Balaban J connectivity index is 2.59. The van der Waals surface area contributed by atoms with Gasteiger partial charge in [0.25, 0.3) is 5.91 Å². The number of nitrogens with zero attached hydrogens (tertiary/aromatic N) is 1. The van der Waals surface area contributed by atoms with Crippen LogP contribution in [0.2, 0.25) is 0 Å². The van der Waals surface area contributed by atoms with Gasteiger partial charge in [-0.25, -0.2) is 0 Å². The molecule has 0 saturated carbocycles. The monoisotopic (exact) mass is 207 g/mol. The maximum atomic E-state index is 11.7. The van der Waals surface area contributed by atoms with Gasteiger partial charge in [-0.05, 0) is 12.1 Å². The van der Waals surface area contributed by atoms with Crippen molar-refractivity contribution >= 4 is 5.91 Å². The molecule has 1 amide bonds. The molecule has 0 bridgehead atoms. The highest BCUT2D eigenvalue weighted by Gasteiger charge is 2.28. The van der Waals surface area contributed by atoms with E-state index in [2.05, 4.69) is 0 Å². The Kier molecular flexibility index (Phi) is 2.26. The zero-order valence-corrected chi connectivity index (χ0v) is 9.03. The minimum atomic E-state index is 0.0333. The van der Waals surface area contributed by atoms with E-state index < -0.39 is 0 Å². The Morgan fingerprint density at radius 1 is 1.27 bits per heavy atom. The van der Waals surface area contributed by atoms with Crippen LogP contribution in [0.25, 0.3) is 0 Å². The van der Waals surface area contributed by atoms with Crippen LogP contribution < -0.4 is 9.47 Å². The smallest absolute Gasteiger partial charge is 0.254 e. The number of ether oxygens (including phenoxy) is 2. The first-order valence-corrected chi connectivity index (χ1v) is 4.68. The highest BCUT2D eigenvalue weighted by Crippen LogP contribution is 2.37. The van der Waals surface area contributed by atoms with Crippen LogP contribution in [-0.2, 0) is 6.54 Å². The molecular formula is C11H13NO3. The number of hydrogen-bond donors (Lipinski definition) is 0. The molecule has 1 aromatic rings. The summed E-state index contributed by atoms with van der Waals surface area (Å²) in [5, 5.41) is 0. The van der Waals surface area contributed by atoms with Crippen LogP contribution in [0.1, 0.15) is 15.9 Å². The minimum Gasteiger partial charge on any atom is -0.493 e. The quantitative estimate of drug-likeness (QED) is 0.733. The fourth-order valence-corrected chi connectivity index (χ4v) is 1.86. The first-order chi connectivity index (χ1) is 7.19. The van der Waals surface area contributed by atoms with Gasteiger partial charge in [0.1, 0.15) is 0 Å². The summed E-state index contributed by atoms with van der Waals surface area (Å²) in [7, 11) is 4.94. The average molecular weight is 207 g/mol. The summed E-state index contributed by atoms with van der Waals surface area (Å²) in [4.78, 5) is 13.4. The molecule has 0 aromatic heterocycles. The molecule has 1 heterocycles. The van der Waals surface area contributed by atoms with E-state index in [0.717, 1.165) is 5.56 Å². The third-order valence-corrected chi connectivity index (χ3v) is 2.62. The van der Waals surface area contributed by atoms with Crippen LogP contribution in [0.15, 0.2) is 12.1 Å². The van der Waals surface area contributed by atoms with Crippen molar-refractivity contribution in [3.63, 3.8) is 0 Å². The third kappa shape index (κ3) is 1.33. The topological polar surface area (TPSA) is 38.8 Å². The Hall–Kier alpha value is -1.71. The molecule has 4 heteroatoms. The van der Waals surface area contributed by atoms with E-state index >= 15 is 0 Å². The molecule has 0 spiro atoms. The van der Waals surface area contributed by atoms with Gasteiger partial charge in [0, 0.05) is 18.2 Å². The molecule has 1 aliphatic heterocycles. The summed E-state index contributed by atoms with van der Waals surface area (Å²) in [6, 6.07) is 3.54. The Morgan fingerprint density at radius 2 is 2.00 bits per heavy atom. The second-order valence-electron chi connectivity index (χ2n) is 3.49. The summed E-state index contributed by atoms with van der Waals surface area (Å²) in [6.45, 7) is 0.578. The second kappa shape index (κ2) is 3.46. The zero-order chi connectivity index (χ0) is 11.0. The zero-order valence-electron chi connectivity index (χ0n) is 9.03. The van der Waals surface area contributed by atoms with Gasteiger partial charge < -0.3 is 14.4 Å². The lowest BCUT2D eigenvalue weighted by Crippen LogP contribution is -2.17. The van der Waals surface area contributed by atoms with Crippen molar-refractivity contribution in [1.29, 1.82) is 0 Å². The molecule has 1 aromatic carbocycles. The molecule has 0 unspecified atom stereocenters. The first kappa shape index (κ1) is 9.83. The number of fused-ring (bicyclic) bond motifs is 1. The highest BCUT2D eigenvalue weighted by atomic mass is 16.5. The van der Waals surface area contributed by atoms with Gasteiger partial charge in [0.2, 0.25) is 0 Å². The number of rotatable bonds is 2. The van der Waals surface area contributed by atoms with E-state index in [1.165, 1.54) is 0 Å². The van der Waals surface area contributed by atoms with Crippen molar-refractivity contribution in [3.05, 3.63) is 23.3 Å². The second-order valence-corrected chi connectivity index (χ2v) is 3.49. The standard InChI is InChI=1S/C11H13NO3/c1-12-6-8-7(11(12)13)4-5-9(14-2)10(8)15-3/h4-5H,6H2,1-3H3. The van der Waals surface area contributed by atoms with Gasteiger partial charge in [-0.2, -0.15) is 0 Å². The largest absolute Gasteiger partial charge is 0.493 e. The number of benzene rings is 1. The molecule has 0 fully saturated rings. The lowest BCUT2D eigenvalue weighted by atomic mass is 10.1. The molecular weight excluding hydrogens is 194 g/mol. The van der Waals surface area contributed by atoms with Gasteiger partial charge in [0.05, 0.1) is 20.8 Å². The van der Waals surface area contributed by atoms with Gasteiger partial charge in [-0.15, -0.1) is 0 Å². The van der Waals surface area contributed by atoms with E-state index in [0.29, 0.717) is 23.6 Å². The molecule has 15 heavy (non-hydrogen) atoms. The van der Waals surface area contributed by atoms with Crippen LogP contribution in [0.5, 0.6) is 11.5 Å². The normalized spacial score (nSPS) is 14.1. The molecule has 0 aliphatic carbocycles. The molecule has 4 nitrogen and oxygen atoms in total. The van der Waals surface area contributed by atoms with Gasteiger partial charge in [0.15, 0.2) is 11.5 Å². The number of methoxy groups -OCH3 is 2. The van der Waals surface area contributed by atoms with Crippen molar-refractivity contribution in [3.8, 4) is 11.5 Å². The van der Waals surface area contributed by atoms with Gasteiger partial charge in [-0.3, -0.25) is 4.79 Å². The first-order valence-electron chi connectivity index (χ1n) is 4.68. The van der Waals surface area contributed by atoms with Crippen molar-refractivity contribution < 1.29 is 14.3 Å². The summed E-state index contributed by atoms with van der Waals surface area (Å²) in [5.74, 6) is 1.36. The molecule has 2 rings (SSSR count). The van der Waals surface area contributed by atoms with Crippen molar-refractivity contribution in [2.45, 2.75) is 6.54 Å². The molecule has 0 atom stereocenters. The van der Waals surface area contributed by atoms with Crippen LogP contribution in [-0.4, -0.2) is 32.1 Å². The van der Waals surface area contributed by atoms with Crippen LogP contribution >= 0.6 is 0 Å². The molecule has 80 valence electrons. The lowest BCUT2D eigenvalue weighted by Gasteiger charge is -2.10. The maximum absolute atomic E-state index is 11.7. The Bertz CT molecular complexity index is 415. The molecule has 1 aliphatic rings. The summed E-state index contributed by atoms with van der Waals surface area (Å²) >= 11 is 0. The highest BCUT2D eigenvalue weighted by molar-refractivity contribution is 5.99. The van der Waals surface area contributed by atoms with Gasteiger partial charge in [-0.1, -0.05) is 0 Å². The van der Waals surface area contributed by atoms with E-state index in [9.17, 15) is 4.79 Å². The summed E-state index contributed by atoms with van der Waals surface area (Å²) < 4.78 is 10.4. The third-order valence-electron chi connectivity index (χ3n) is 2.62. The van der Waals surface area contributed by atoms with Crippen LogP contribution in [0.4, 0.5) is 0 Å². The van der Waals surface area contributed by atoms with Crippen molar-refractivity contribution in [2.75, 3.05) is 21.3 Å². The molecule has 0 N–H and O–H groups in total. The Morgan fingerprint density at radius 3 is 2.60 bits per heavy atom. The van der Waals surface area contributed by atoms with E-state index in [4.69, 9.17) is 9.47 Å². The minimum absolute atomic E-state index is 0.0333. The van der Waals surface area contributed by atoms with Crippen LogP contribution in [0.3, 0.4) is 0 Å². The van der Waals surface area contributed by atoms with Crippen molar-refractivity contribution in [2.24, 2.45) is 0 Å². The predicted molar refractivity (Wildman–Crippen MR) is 55.3 cm³/mol. The fourth-order valence-electron chi connectivity index (χ4n) is 1.86. The fraction of sp³-hybridized carbons (Fsp3) is 0.364. The number of carbonyl (C=O) groups is 1. The Labute approximate surface area is 88.4 Å². The van der Waals surface area contributed by atoms with E-state index in [1.54, 1.807) is 38.3 Å². The van der Waals surface area contributed by atoms with Crippen LogP contribution in [0, 0.1) is 0 Å². The van der Waals surface area contributed by atoms with E-state index in [1.807, 2.05) is 0 Å².